The number of rotatable bonds is 5. The van der Waals surface area contributed by atoms with Gasteiger partial charge in [-0.2, -0.15) is 0 Å². The number of aromatic nitrogens is 2. The van der Waals surface area contributed by atoms with Crippen LogP contribution in [0.5, 0.6) is 0 Å². The molecule has 20 heavy (non-hydrogen) atoms. The molecule has 5 heteroatoms. The molecule has 0 saturated heterocycles. The molecule has 2 rings (SSSR count). The van der Waals surface area contributed by atoms with Crippen LogP contribution >= 0.6 is 34.4 Å². The highest BCUT2D eigenvalue weighted by Crippen LogP contribution is 2.26. The minimum absolute atomic E-state index is 0.791. The molecule has 2 aromatic rings. The van der Waals surface area contributed by atoms with Crippen LogP contribution in [-0.4, -0.2) is 22.8 Å². The van der Waals surface area contributed by atoms with Gasteiger partial charge < -0.3 is 5.32 Å². The summed E-state index contributed by atoms with van der Waals surface area (Å²) in [7, 11) is 1.90. The maximum absolute atomic E-state index is 4.68. The number of thioether (sulfide) groups is 1. The van der Waals surface area contributed by atoms with E-state index in [0.717, 1.165) is 38.6 Å². The smallest absolute Gasteiger partial charge is 0.161 e. The molecule has 1 heterocycles. The highest BCUT2D eigenvalue weighted by Gasteiger charge is 2.11. The molecular weight excluding hydrogens is 381 g/mol. The molecule has 1 aromatic heterocycles. The lowest BCUT2D eigenvalue weighted by atomic mass is 10.2. The van der Waals surface area contributed by atoms with Gasteiger partial charge in [0.1, 0.15) is 5.82 Å². The van der Waals surface area contributed by atoms with E-state index >= 15 is 0 Å². The Morgan fingerprint density at radius 1 is 1.15 bits per heavy atom. The lowest BCUT2D eigenvalue weighted by molar-refractivity contribution is 0.989. The standard InChI is InChI=1S/C15H18IN3S/c1-4-12-13(16)15(17-3)19-14(18-12)10-6-8-11(9-7-10)20-5-2/h6-9H,4-5H2,1-3H3,(H,17,18,19). The zero-order chi connectivity index (χ0) is 14.5. The van der Waals surface area contributed by atoms with Gasteiger partial charge >= 0.3 is 0 Å². The van der Waals surface area contributed by atoms with Gasteiger partial charge in [0.15, 0.2) is 5.82 Å². The number of anilines is 1. The highest BCUT2D eigenvalue weighted by atomic mass is 127. The minimum atomic E-state index is 0.791. The van der Waals surface area contributed by atoms with Gasteiger partial charge in [-0.25, -0.2) is 9.97 Å². The minimum Gasteiger partial charge on any atom is -0.372 e. The van der Waals surface area contributed by atoms with Crippen LogP contribution < -0.4 is 5.32 Å². The van der Waals surface area contributed by atoms with Crippen LogP contribution in [0.1, 0.15) is 19.5 Å². The van der Waals surface area contributed by atoms with Gasteiger partial charge in [0.25, 0.3) is 0 Å². The second kappa shape index (κ2) is 7.26. The molecule has 0 aliphatic heterocycles. The van der Waals surface area contributed by atoms with Crippen LogP contribution in [0, 0.1) is 3.57 Å². The third kappa shape index (κ3) is 3.44. The molecular formula is C15H18IN3S. The lowest BCUT2D eigenvalue weighted by Gasteiger charge is -2.10. The van der Waals surface area contributed by atoms with Crippen molar-refractivity contribution in [3.05, 3.63) is 33.5 Å². The molecule has 0 radical (unpaired) electrons. The van der Waals surface area contributed by atoms with Gasteiger partial charge in [-0.05, 0) is 46.9 Å². The van der Waals surface area contributed by atoms with E-state index in [1.54, 1.807) is 0 Å². The largest absolute Gasteiger partial charge is 0.372 e. The summed E-state index contributed by atoms with van der Waals surface area (Å²) in [5.74, 6) is 2.78. The van der Waals surface area contributed by atoms with E-state index in [1.807, 2.05) is 18.8 Å². The third-order valence-electron chi connectivity index (χ3n) is 2.92. The molecule has 0 aliphatic rings. The summed E-state index contributed by atoms with van der Waals surface area (Å²) in [4.78, 5) is 10.6. The second-order valence-electron chi connectivity index (χ2n) is 4.22. The van der Waals surface area contributed by atoms with Gasteiger partial charge in [-0.15, -0.1) is 11.8 Å². The first kappa shape index (κ1) is 15.6. The van der Waals surface area contributed by atoms with E-state index in [1.165, 1.54) is 4.90 Å². The molecule has 0 saturated carbocycles. The van der Waals surface area contributed by atoms with Crippen molar-refractivity contribution in [3.63, 3.8) is 0 Å². The Labute approximate surface area is 138 Å². The zero-order valence-corrected chi connectivity index (χ0v) is 14.9. The van der Waals surface area contributed by atoms with E-state index in [0.29, 0.717) is 0 Å². The molecule has 0 aliphatic carbocycles. The summed E-state index contributed by atoms with van der Waals surface area (Å²) in [6.45, 7) is 4.28. The summed E-state index contributed by atoms with van der Waals surface area (Å²) in [6, 6.07) is 8.46. The number of benzene rings is 1. The predicted molar refractivity (Wildman–Crippen MR) is 95.5 cm³/mol. The Morgan fingerprint density at radius 2 is 1.85 bits per heavy atom. The average molecular weight is 399 g/mol. The number of hydrogen-bond donors (Lipinski definition) is 1. The summed E-state index contributed by atoms with van der Waals surface area (Å²) in [6.07, 6.45) is 0.909. The molecule has 0 unspecified atom stereocenters. The maximum Gasteiger partial charge on any atom is 0.161 e. The normalized spacial score (nSPS) is 10.6. The van der Waals surface area contributed by atoms with Crippen LogP contribution in [0.15, 0.2) is 29.2 Å². The number of halogens is 1. The van der Waals surface area contributed by atoms with Crippen molar-refractivity contribution in [3.8, 4) is 11.4 Å². The Hall–Kier alpha value is -0.820. The van der Waals surface area contributed by atoms with Gasteiger partial charge in [0.2, 0.25) is 0 Å². The quantitative estimate of drug-likeness (QED) is 0.595. The summed E-state index contributed by atoms with van der Waals surface area (Å²) in [5, 5.41) is 3.15. The summed E-state index contributed by atoms with van der Waals surface area (Å²) in [5.41, 5.74) is 2.15. The highest BCUT2D eigenvalue weighted by molar-refractivity contribution is 14.1. The van der Waals surface area contributed by atoms with E-state index < -0.39 is 0 Å². The first-order chi connectivity index (χ1) is 9.69. The monoisotopic (exact) mass is 399 g/mol. The SMILES string of the molecule is CCSc1ccc(-c2nc(CC)c(I)c(NC)n2)cc1. The Morgan fingerprint density at radius 3 is 2.40 bits per heavy atom. The number of aryl methyl sites for hydroxylation is 1. The van der Waals surface area contributed by atoms with Crippen LogP contribution in [0.3, 0.4) is 0 Å². The van der Waals surface area contributed by atoms with Crippen molar-refractivity contribution in [2.24, 2.45) is 0 Å². The lowest BCUT2D eigenvalue weighted by Crippen LogP contribution is -2.04. The fourth-order valence-corrected chi connectivity index (χ4v) is 3.44. The Kier molecular flexibility index (Phi) is 5.65. The Balaban J connectivity index is 2.41. The number of hydrogen-bond acceptors (Lipinski definition) is 4. The molecule has 1 N–H and O–H groups in total. The molecule has 0 atom stereocenters. The molecule has 0 amide bonds. The molecule has 0 spiro atoms. The first-order valence-electron chi connectivity index (χ1n) is 6.67. The van der Waals surface area contributed by atoms with Crippen LogP contribution in [0.4, 0.5) is 5.82 Å². The molecule has 0 fully saturated rings. The third-order valence-corrected chi connectivity index (χ3v) is 4.94. The van der Waals surface area contributed by atoms with E-state index in [4.69, 9.17) is 0 Å². The number of nitrogens with one attached hydrogen (secondary N) is 1. The zero-order valence-electron chi connectivity index (χ0n) is 11.9. The van der Waals surface area contributed by atoms with Crippen molar-refractivity contribution in [2.75, 3.05) is 18.1 Å². The van der Waals surface area contributed by atoms with Gasteiger partial charge in [-0.3, -0.25) is 0 Å². The fourth-order valence-electron chi connectivity index (χ4n) is 1.89. The van der Waals surface area contributed by atoms with Crippen molar-refractivity contribution < 1.29 is 0 Å². The molecule has 3 nitrogen and oxygen atoms in total. The second-order valence-corrected chi connectivity index (χ2v) is 6.63. The molecule has 106 valence electrons. The fraction of sp³-hybridized carbons (Fsp3) is 0.333. The van der Waals surface area contributed by atoms with E-state index in [2.05, 4.69) is 76.0 Å². The molecule has 0 bridgehead atoms. The van der Waals surface area contributed by atoms with Crippen molar-refractivity contribution in [1.29, 1.82) is 0 Å². The average Bonchev–Trinajstić information content (AvgIpc) is 2.49. The van der Waals surface area contributed by atoms with Gasteiger partial charge in [0.05, 0.1) is 9.26 Å². The number of nitrogens with zero attached hydrogens (tertiary/aromatic N) is 2. The topological polar surface area (TPSA) is 37.8 Å². The van der Waals surface area contributed by atoms with Crippen LogP contribution in [0.25, 0.3) is 11.4 Å². The van der Waals surface area contributed by atoms with Crippen molar-refractivity contribution in [1.82, 2.24) is 9.97 Å². The van der Waals surface area contributed by atoms with Crippen molar-refractivity contribution >= 4 is 40.2 Å². The van der Waals surface area contributed by atoms with E-state index in [-0.39, 0.29) is 0 Å². The van der Waals surface area contributed by atoms with Gasteiger partial charge in [0, 0.05) is 17.5 Å². The predicted octanol–water partition coefficient (Wildman–Crippen LogP) is 4.46. The maximum atomic E-state index is 4.68. The van der Waals surface area contributed by atoms with Crippen molar-refractivity contribution in [2.45, 2.75) is 25.2 Å². The van der Waals surface area contributed by atoms with E-state index in [9.17, 15) is 0 Å². The van der Waals surface area contributed by atoms with Crippen LogP contribution in [-0.2, 0) is 6.42 Å². The Bertz CT molecular complexity index is 559. The molecule has 1 aromatic carbocycles. The summed E-state index contributed by atoms with van der Waals surface area (Å²) < 4.78 is 1.11. The summed E-state index contributed by atoms with van der Waals surface area (Å²) >= 11 is 4.15. The first-order valence-corrected chi connectivity index (χ1v) is 8.73. The van der Waals surface area contributed by atoms with Crippen LogP contribution in [0.2, 0.25) is 0 Å². The van der Waals surface area contributed by atoms with Gasteiger partial charge in [-0.1, -0.05) is 26.0 Å².